The van der Waals surface area contributed by atoms with Gasteiger partial charge in [0.2, 0.25) is 11.8 Å². The third-order valence-electron chi connectivity index (χ3n) is 5.25. The number of likely N-dealkylation sites (tertiary alicyclic amines) is 1. The molecule has 0 aromatic heterocycles. The highest BCUT2D eigenvalue weighted by Crippen LogP contribution is 2.33. The van der Waals surface area contributed by atoms with Crippen LogP contribution in [0.15, 0.2) is 0 Å². The number of hydrogen-bond acceptors (Lipinski definition) is 3. The number of amides is 2. The van der Waals surface area contributed by atoms with Crippen LogP contribution in [0.2, 0.25) is 0 Å². The average molecular weight is 293 g/mol. The quantitative estimate of drug-likeness (QED) is 0.821. The van der Waals surface area contributed by atoms with E-state index in [-0.39, 0.29) is 23.7 Å². The molecule has 5 heteroatoms. The van der Waals surface area contributed by atoms with Crippen molar-refractivity contribution >= 4 is 11.8 Å². The van der Waals surface area contributed by atoms with Crippen LogP contribution >= 0.6 is 0 Å². The zero-order valence-electron chi connectivity index (χ0n) is 12.9. The van der Waals surface area contributed by atoms with Gasteiger partial charge in [0, 0.05) is 51.1 Å². The van der Waals surface area contributed by atoms with Crippen LogP contribution in [-0.4, -0.2) is 60.9 Å². The molecule has 3 rings (SSSR count). The maximum absolute atomic E-state index is 12.8. The van der Waals surface area contributed by atoms with E-state index in [0.29, 0.717) is 0 Å². The molecule has 0 spiro atoms. The highest BCUT2D eigenvalue weighted by Gasteiger charge is 2.40. The summed E-state index contributed by atoms with van der Waals surface area (Å²) in [6.45, 7) is 5.13. The summed E-state index contributed by atoms with van der Waals surface area (Å²) in [5.41, 5.74) is 0. The first kappa shape index (κ1) is 14.8. The van der Waals surface area contributed by atoms with Crippen molar-refractivity contribution in [2.45, 2.75) is 38.5 Å². The first-order valence-corrected chi connectivity index (χ1v) is 8.55. The lowest BCUT2D eigenvalue weighted by atomic mass is 9.77. The number of carbonyl (C=O) groups is 2. The summed E-state index contributed by atoms with van der Waals surface area (Å²) in [5, 5.41) is 3.28. The predicted octanol–water partition coefficient (Wildman–Crippen LogP) is 0.847. The van der Waals surface area contributed by atoms with E-state index in [2.05, 4.69) is 5.32 Å². The molecule has 2 saturated heterocycles. The standard InChI is InChI=1S/C16H27N3O2/c20-15(18-9-3-4-10-18)13-5-1-2-6-14(13)16(21)19-11-7-17-8-12-19/h13-14,17H,1-12H2. The van der Waals surface area contributed by atoms with Crippen LogP contribution in [0, 0.1) is 11.8 Å². The summed E-state index contributed by atoms with van der Waals surface area (Å²) in [6.07, 6.45) is 6.22. The van der Waals surface area contributed by atoms with Crippen LogP contribution in [0.3, 0.4) is 0 Å². The van der Waals surface area contributed by atoms with E-state index in [1.165, 1.54) is 0 Å². The topological polar surface area (TPSA) is 52.7 Å². The Bertz CT molecular complexity index is 387. The Labute approximate surface area is 127 Å². The Morgan fingerprint density at radius 3 is 1.71 bits per heavy atom. The van der Waals surface area contributed by atoms with Gasteiger partial charge in [-0.2, -0.15) is 0 Å². The molecule has 2 heterocycles. The Morgan fingerprint density at radius 2 is 1.19 bits per heavy atom. The van der Waals surface area contributed by atoms with Crippen molar-refractivity contribution in [1.29, 1.82) is 0 Å². The van der Waals surface area contributed by atoms with Crippen LogP contribution in [0.4, 0.5) is 0 Å². The smallest absolute Gasteiger partial charge is 0.226 e. The molecule has 2 unspecified atom stereocenters. The minimum Gasteiger partial charge on any atom is -0.342 e. The van der Waals surface area contributed by atoms with E-state index in [0.717, 1.165) is 77.8 Å². The maximum atomic E-state index is 12.8. The van der Waals surface area contributed by atoms with Gasteiger partial charge >= 0.3 is 0 Å². The van der Waals surface area contributed by atoms with Gasteiger partial charge in [0.25, 0.3) is 0 Å². The van der Waals surface area contributed by atoms with Crippen LogP contribution in [0.5, 0.6) is 0 Å². The molecule has 0 aromatic carbocycles. The van der Waals surface area contributed by atoms with Crippen molar-refractivity contribution in [2.24, 2.45) is 11.8 Å². The Balaban J connectivity index is 1.68. The molecule has 5 nitrogen and oxygen atoms in total. The van der Waals surface area contributed by atoms with Crippen molar-refractivity contribution in [3.8, 4) is 0 Å². The monoisotopic (exact) mass is 293 g/mol. The first-order chi connectivity index (χ1) is 10.3. The summed E-state index contributed by atoms with van der Waals surface area (Å²) in [6, 6.07) is 0. The molecule has 2 amide bonds. The molecule has 1 aliphatic carbocycles. The molecule has 3 aliphatic rings. The van der Waals surface area contributed by atoms with Gasteiger partial charge in [-0.1, -0.05) is 12.8 Å². The number of piperazine rings is 1. The number of hydrogen-bond donors (Lipinski definition) is 1. The van der Waals surface area contributed by atoms with Crippen molar-refractivity contribution in [1.82, 2.24) is 15.1 Å². The minimum absolute atomic E-state index is 0.0563. The molecule has 3 fully saturated rings. The molecule has 0 radical (unpaired) electrons. The van der Waals surface area contributed by atoms with E-state index in [4.69, 9.17) is 0 Å². The maximum Gasteiger partial charge on any atom is 0.226 e. The summed E-state index contributed by atoms with van der Waals surface area (Å²) < 4.78 is 0. The second-order valence-electron chi connectivity index (χ2n) is 6.61. The second-order valence-corrected chi connectivity index (χ2v) is 6.61. The normalized spacial score (nSPS) is 30.5. The fourth-order valence-corrected chi connectivity index (χ4v) is 4.01. The number of rotatable bonds is 2. The molecule has 2 aliphatic heterocycles. The Hall–Kier alpha value is -1.10. The average Bonchev–Trinajstić information content (AvgIpc) is 3.09. The van der Waals surface area contributed by atoms with Gasteiger partial charge in [0.15, 0.2) is 0 Å². The fraction of sp³-hybridized carbons (Fsp3) is 0.875. The first-order valence-electron chi connectivity index (χ1n) is 8.55. The van der Waals surface area contributed by atoms with Gasteiger partial charge in [-0.05, 0) is 25.7 Å². The summed E-state index contributed by atoms with van der Waals surface area (Å²) in [4.78, 5) is 29.5. The molecule has 0 bridgehead atoms. The highest BCUT2D eigenvalue weighted by molar-refractivity contribution is 5.88. The van der Waals surface area contributed by atoms with Crippen molar-refractivity contribution < 1.29 is 9.59 Å². The van der Waals surface area contributed by atoms with Crippen molar-refractivity contribution in [3.05, 3.63) is 0 Å². The second kappa shape index (κ2) is 6.77. The Kier molecular flexibility index (Phi) is 4.78. The van der Waals surface area contributed by atoms with Crippen LogP contribution in [-0.2, 0) is 9.59 Å². The van der Waals surface area contributed by atoms with E-state index in [9.17, 15) is 9.59 Å². The molecule has 2 atom stereocenters. The molecule has 0 aromatic rings. The van der Waals surface area contributed by atoms with Crippen LogP contribution in [0.1, 0.15) is 38.5 Å². The van der Waals surface area contributed by atoms with E-state index < -0.39 is 0 Å². The van der Waals surface area contributed by atoms with Gasteiger partial charge < -0.3 is 15.1 Å². The van der Waals surface area contributed by atoms with Crippen LogP contribution < -0.4 is 5.32 Å². The zero-order chi connectivity index (χ0) is 14.7. The van der Waals surface area contributed by atoms with Gasteiger partial charge in [-0.15, -0.1) is 0 Å². The number of nitrogens with one attached hydrogen (secondary N) is 1. The third kappa shape index (κ3) is 3.23. The summed E-state index contributed by atoms with van der Waals surface area (Å²) in [7, 11) is 0. The molecule has 1 N–H and O–H groups in total. The fourth-order valence-electron chi connectivity index (χ4n) is 4.01. The van der Waals surface area contributed by atoms with Gasteiger partial charge in [-0.3, -0.25) is 9.59 Å². The van der Waals surface area contributed by atoms with Gasteiger partial charge in [-0.25, -0.2) is 0 Å². The molecule has 1 saturated carbocycles. The molecule has 21 heavy (non-hydrogen) atoms. The largest absolute Gasteiger partial charge is 0.342 e. The lowest BCUT2D eigenvalue weighted by Crippen LogP contribution is -2.51. The Morgan fingerprint density at radius 1 is 0.714 bits per heavy atom. The van der Waals surface area contributed by atoms with Crippen molar-refractivity contribution in [2.75, 3.05) is 39.3 Å². The van der Waals surface area contributed by atoms with Crippen LogP contribution in [0.25, 0.3) is 0 Å². The van der Waals surface area contributed by atoms with Gasteiger partial charge in [0.05, 0.1) is 0 Å². The lowest BCUT2D eigenvalue weighted by Gasteiger charge is -2.37. The summed E-state index contributed by atoms with van der Waals surface area (Å²) >= 11 is 0. The molecular weight excluding hydrogens is 266 g/mol. The number of carbonyl (C=O) groups excluding carboxylic acids is 2. The SMILES string of the molecule is O=C(C1CCCCC1C(=O)N1CCNCC1)N1CCCC1. The predicted molar refractivity (Wildman–Crippen MR) is 80.7 cm³/mol. The number of nitrogens with zero attached hydrogens (tertiary/aromatic N) is 2. The van der Waals surface area contributed by atoms with Crippen molar-refractivity contribution in [3.63, 3.8) is 0 Å². The zero-order valence-corrected chi connectivity index (χ0v) is 12.9. The molecule has 118 valence electrons. The lowest BCUT2D eigenvalue weighted by molar-refractivity contribution is -0.148. The molecular formula is C16H27N3O2. The summed E-state index contributed by atoms with van der Waals surface area (Å²) in [5.74, 6) is 0.360. The van der Waals surface area contributed by atoms with E-state index in [1.807, 2.05) is 9.80 Å². The van der Waals surface area contributed by atoms with E-state index >= 15 is 0 Å². The van der Waals surface area contributed by atoms with Gasteiger partial charge in [0.1, 0.15) is 0 Å². The highest BCUT2D eigenvalue weighted by atomic mass is 16.2. The minimum atomic E-state index is -0.0649. The van der Waals surface area contributed by atoms with E-state index in [1.54, 1.807) is 0 Å². The third-order valence-corrected chi connectivity index (χ3v) is 5.25.